The van der Waals surface area contributed by atoms with Crippen molar-refractivity contribution < 1.29 is 18.7 Å². The number of carbonyl (C=O) groups is 2. The highest BCUT2D eigenvalue weighted by atomic mass is 32.2. The molecule has 170 valence electrons. The van der Waals surface area contributed by atoms with Gasteiger partial charge < -0.3 is 15.4 Å². The number of halogens is 1. The van der Waals surface area contributed by atoms with Crippen LogP contribution in [0.1, 0.15) is 55.3 Å². The predicted octanol–water partition coefficient (Wildman–Crippen LogP) is 4.69. The first kappa shape index (κ1) is 22.6. The highest BCUT2D eigenvalue weighted by Gasteiger charge is 2.28. The molecular weight excluding hydrogens is 429 g/mol. The van der Waals surface area contributed by atoms with Crippen LogP contribution >= 0.6 is 11.8 Å². The van der Waals surface area contributed by atoms with Gasteiger partial charge in [-0.05, 0) is 75.0 Å². The van der Waals surface area contributed by atoms with E-state index in [1.165, 1.54) is 0 Å². The highest BCUT2D eigenvalue weighted by molar-refractivity contribution is 7.98. The summed E-state index contributed by atoms with van der Waals surface area (Å²) in [5, 5.41) is 6.10. The van der Waals surface area contributed by atoms with Crippen LogP contribution in [0.25, 0.3) is 0 Å². The van der Waals surface area contributed by atoms with Crippen molar-refractivity contribution in [1.82, 2.24) is 15.6 Å². The molecule has 1 aromatic heterocycles. The Morgan fingerprint density at radius 3 is 2.50 bits per heavy atom. The normalized spacial score (nSPS) is 20.4. The molecule has 2 fully saturated rings. The molecule has 2 aliphatic rings. The average molecular weight is 458 g/mol. The molecule has 0 unspecified atom stereocenters. The van der Waals surface area contributed by atoms with Crippen LogP contribution in [0.3, 0.4) is 0 Å². The number of nitrogens with one attached hydrogen (secondary N) is 2. The van der Waals surface area contributed by atoms with E-state index in [1.807, 2.05) is 24.5 Å². The molecule has 2 amide bonds. The fraction of sp³-hybridized carbons (Fsp3) is 0.458. The first-order valence-electron chi connectivity index (χ1n) is 11.1. The molecule has 8 heteroatoms. The number of ether oxygens (including phenoxy) is 1. The molecule has 4 rings (SSSR count). The number of rotatable bonds is 8. The summed E-state index contributed by atoms with van der Waals surface area (Å²) in [7, 11) is 0. The van der Waals surface area contributed by atoms with Gasteiger partial charge in [0.25, 0.3) is 5.91 Å². The smallest absolute Gasteiger partial charge is 0.257 e. The molecule has 32 heavy (non-hydrogen) atoms. The number of benzene rings is 1. The third-order valence-corrected chi connectivity index (χ3v) is 6.64. The van der Waals surface area contributed by atoms with E-state index >= 15 is 0 Å². The van der Waals surface area contributed by atoms with Crippen molar-refractivity contribution >= 4 is 23.6 Å². The van der Waals surface area contributed by atoms with Crippen LogP contribution < -0.4 is 15.4 Å². The van der Waals surface area contributed by atoms with Crippen molar-refractivity contribution in [3.8, 4) is 11.6 Å². The van der Waals surface area contributed by atoms with Gasteiger partial charge in [-0.3, -0.25) is 9.59 Å². The van der Waals surface area contributed by atoms with Gasteiger partial charge in [0.05, 0.1) is 6.20 Å². The monoisotopic (exact) mass is 457 g/mol. The second-order valence-corrected chi connectivity index (χ2v) is 9.40. The molecular formula is C24H28FN3O3S. The Hall–Kier alpha value is -2.61. The first-order valence-corrected chi connectivity index (χ1v) is 12.3. The lowest BCUT2D eigenvalue weighted by Crippen LogP contribution is -2.44. The standard InChI is InChI=1S/C24H28FN3O3S/c1-32-20-4-2-3-19(13-20)31-24-21(12-16(25)14-26-24)23(30)28-18-9-7-17(8-10-18)27-22(29)11-15-5-6-15/h2-4,12-15,17-18H,5-11H2,1H3,(H,27,29)(H,28,30)/t17-,18+. The maximum Gasteiger partial charge on any atom is 0.257 e. The zero-order valence-electron chi connectivity index (χ0n) is 18.1. The minimum Gasteiger partial charge on any atom is -0.438 e. The van der Waals surface area contributed by atoms with Crippen molar-refractivity contribution in [2.24, 2.45) is 5.92 Å². The van der Waals surface area contributed by atoms with Crippen LogP contribution in [0.4, 0.5) is 4.39 Å². The van der Waals surface area contributed by atoms with Crippen molar-refractivity contribution in [2.45, 2.75) is 61.9 Å². The molecule has 0 aliphatic heterocycles. The fourth-order valence-corrected chi connectivity index (χ4v) is 4.41. The fourth-order valence-electron chi connectivity index (χ4n) is 3.96. The van der Waals surface area contributed by atoms with Crippen LogP contribution in [0, 0.1) is 11.7 Å². The van der Waals surface area contributed by atoms with Crippen molar-refractivity contribution in [2.75, 3.05) is 6.26 Å². The van der Waals surface area contributed by atoms with Gasteiger partial charge in [0.1, 0.15) is 17.1 Å². The Morgan fingerprint density at radius 2 is 1.81 bits per heavy atom. The highest BCUT2D eigenvalue weighted by Crippen LogP contribution is 2.32. The summed E-state index contributed by atoms with van der Waals surface area (Å²) in [6.07, 6.45) is 9.10. The summed E-state index contributed by atoms with van der Waals surface area (Å²) >= 11 is 1.57. The van der Waals surface area contributed by atoms with E-state index in [-0.39, 0.29) is 29.4 Å². The largest absolute Gasteiger partial charge is 0.438 e. The van der Waals surface area contributed by atoms with Crippen LogP contribution in [-0.2, 0) is 4.79 Å². The SMILES string of the molecule is CSc1cccc(Oc2ncc(F)cc2C(=O)N[C@H]2CC[C@@H](NC(=O)CC3CC3)CC2)c1. The van der Waals surface area contributed by atoms with Crippen LogP contribution in [0.2, 0.25) is 0 Å². The van der Waals surface area contributed by atoms with Crippen molar-refractivity contribution in [3.63, 3.8) is 0 Å². The first-order chi connectivity index (χ1) is 15.5. The molecule has 0 saturated heterocycles. The molecule has 2 aromatic rings. The second kappa shape index (κ2) is 10.3. The molecule has 0 bridgehead atoms. The Labute approximate surface area is 191 Å². The Morgan fingerprint density at radius 1 is 1.09 bits per heavy atom. The van der Waals surface area contributed by atoms with Crippen LogP contribution in [0.5, 0.6) is 11.6 Å². The summed E-state index contributed by atoms with van der Waals surface area (Å²) in [6, 6.07) is 8.70. The van der Waals surface area contributed by atoms with Gasteiger partial charge in [-0.25, -0.2) is 9.37 Å². The molecule has 2 saturated carbocycles. The number of carbonyl (C=O) groups excluding carboxylic acids is 2. The minimum atomic E-state index is -0.595. The summed E-state index contributed by atoms with van der Waals surface area (Å²) < 4.78 is 19.7. The average Bonchev–Trinajstić information content (AvgIpc) is 3.60. The van der Waals surface area contributed by atoms with Crippen molar-refractivity contribution in [1.29, 1.82) is 0 Å². The van der Waals surface area contributed by atoms with Gasteiger partial charge in [0, 0.05) is 23.4 Å². The number of hydrogen-bond acceptors (Lipinski definition) is 5. The lowest BCUT2D eigenvalue weighted by molar-refractivity contribution is -0.122. The molecule has 2 aliphatic carbocycles. The molecule has 1 heterocycles. The Balaban J connectivity index is 1.34. The third kappa shape index (κ3) is 6.22. The van der Waals surface area contributed by atoms with Crippen LogP contribution in [0.15, 0.2) is 41.4 Å². The second-order valence-electron chi connectivity index (χ2n) is 8.52. The van der Waals surface area contributed by atoms with E-state index in [4.69, 9.17) is 4.74 Å². The molecule has 0 atom stereocenters. The third-order valence-electron chi connectivity index (χ3n) is 5.92. The lowest BCUT2D eigenvalue weighted by Gasteiger charge is -2.29. The van der Waals surface area contributed by atoms with E-state index in [9.17, 15) is 14.0 Å². The number of aromatic nitrogens is 1. The van der Waals surface area contributed by atoms with E-state index < -0.39 is 11.7 Å². The number of thioether (sulfide) groups is 1. The van der Waals surface area contributed by atoms with E-state index in [0.717, 1.165) is 55.7 Å². The molecule has 0 spiro atoms. The zero-order chi connectivity index (χ0) is 22.5. The Kier molecular flexibility index (Phi) is 7.29. The zero-order valence-corrected chi connectivity index (χ0v) is 18.9. The van der Waals surface area contributed by atoms with Gasteiger partial charge in [0.2, 0.25) is 11.8 Å². The minimum absolute atomic E-state index is 0.0324. The van der Waals surface area contributed by atoms with Crippen LogP contribution in [-0.4, -0.2) is 35.1 Å². The number of amides is 2. The number of nitrogens with zero attached hydrogens (tertiary/aromatic N) is 1. The molecule has 1 aromatic carbocycles. The summed E-state index contributed by atoms with van der Waals surface area (Å²) in [5.74, 6) is 0.315. The van der Waals surface area contributed by atoms with Gasteiger partial charge in [0.15, 0.2) is 0 Å². The van der Waals surface area contributed by atoms with Gasteiger partial charge in [-0.1, -0.05) is 6.07 Å². The summed E-state index contributed by atoms with van der Waals surface area (Å²) in [6.45, 7) is 0. The van der Waals surface area contributed by atoms with Gasteiger partial charge >= 0.3 is 0 Å². The Bertz CT molecular complexity index is 975. The molecule has 0 radical (unpaired) electrons. The topological polar surface area (TPSA) is 80.3 Å². The summed E-state index contributed by atoms with van der Waals surface area (Å²) in [5.41, 5.74) is 0.0689. The number of hydrogen-bond donors (Lipinski definition) is 2. The predicted molar refractivity (Wildman–Crippen MR) is 121 cm³/mol. The number of pyridine rings is 1. The summed E-state index contributed by atoms with van der Waals surface area (Å²) in [4.78, 5) is 30.0. The maximum atomic E-state index is 13.9. The lowest BCUT2D eigenvalue weighted by atomic mass is 9.91. The van der Waals surface area contributed by atoms with E-state index in [2.05, 4.69) is 15.6 Å². The van der Waals surface area contributed by atoms with Crippen molar-refractivity contribution in [3.05, 3.63) is 47.9 Å². The van der Waals surface area contributed by atoms with E-state index in [0.29, 0.717) is 18.1 Å². The maximum absolute atomic E-state index is 13.9. The quantitative estimate of drug-likeness (QED) is 0.562. The molecule has 6 nitrogen and oxygen atoms in total. The van der Waals surface area contributed by atoms with Gasteiger partial charge in [-0.2, -0.15) is 0 Å². The van der Waals surface area contributed by atoms with Gasteiger partial charge in [-0.15, -0.1) is 11.8 Å². The van der Waals surface area contributed by atoms with E-state index in [1.54, 1.807) is 17.8 Å². The molecule has 2 N–H and O–H groups in total.